The molecular formula is C17H22O5. The van der Waals surface area contributed by atoms with Gasteiger partial charge in [-0.25, -0.2) is 9.59 Å². The monoisotopic (exact) mass is 306 g/mol. The van der Waals surface area contributed by atoms with Crippen molar-refractivity contribution in [3.63, 3.8) is 0 Å². The normalized spacial score (nSPS) is 11.7. The molecule has 0 bridgehead atoms. The van der Waals surface area contributed by atoms with Gasteiger partial charge in [-0.2, -0.15) is 0 Å². The van der Waals surface area contributed by atoms with Gasteiger partial charge in [0, 0.05) is 5.56 Å². The van der Waals surface area contributed by atoms with Gasteiger partial charge in [-0.15, -0.1) is 0 Å². The summed E-state index contributed by atoms with van der Waals surface area (Å²) in [5, 5.41) is 0. The summed E-state index contributed by atoms with van der Waals surface area (Å²) in [6.07, 6.45) is 0.571. The van der Waals surface area contributed by atoms with E-state index in [1.165, 1.54) is 18.2 Å². The van der Waals surface area contributed by atoms with Crippen molar-refractivity contribution in [2.75, 3.05) is 0 Å². The predicted octanol–water partition coefficient (Wildman–Crippen LogP) is 3.41. The molecule has 0 unspecified atom stereocenters. The summed E-state index contributed by atoms with van der Waals surface area (Å²) in [6, 6.07) is 4.14. The Bertz CT molecular complexity index is 542. The Balaban J connectivity index is 3.16. The van der Waals surface area contributed by atoms with Crippen LogP contribution in [-0.4, -0.2) is 29.4 Å². The third-order valence-electron chi connectivity index (χ3n) is 2.36. The molecule has 0 aliphatic heterocycles. The lowest BCUT2D eigenvalue weighted by Gasteiger charge is -2.21. The lowest BCUT2D eigenvalue weighted by Crippen LogP contribution is -2.25. The van der Waals surface area contributed by atoms with E-state index in [-0.39, 0.29) is 16.7 Å². The lowest BCUT2D eigenvalue weighted by atomic mass is 10.1. The van der Waals surface area contributed by atoms with Crippen LogP contribution in [-0.2, 0) is 9.47 Å². The minimum absolute atomic E-state index is 0.139. The predicted molar refractivity (Wildman–Crippen MR) is 82.2 cm³/mol. The van der Waals surface area contributed by atoms with E-state index in [2.05, 4.69) is 0 Å². The summed E-state index contributed by atoms with van der Waals surface area (Å²) in [5.74, 6) is -1.19. The summed E-state index contributed by atoms with van der Waals surface area (Å²) in [4.78, 5) is 35.2. The number of rotatable bonds is 3. The highest BCUT2D eigenvalue weighted by molar-refractivity contribution is 5.98. The molecule has 1 aromatic carbocycles. The molecule has 1 rings (SSSR count). The number of benzene rings is 1. The molecule has 0 heterocycles. The first-order valence-electron chi connectivity index (χ1n) is 6.98. The fourth-order valence-electron chi connectivity index (χ4n) is 1.63. The van der Waals surface area contributed by atoms with Gasteiger partial charge in [0.05, 0.1) is 11.1 Å². The lowest BCUT2D eigenvalue weighted by molar-refractivity contribution is 0.00676. The fraction of sp³-hybridized carbons (Fsp3) is 0.471. The van der Waals surface area contributed by atoms with E-state index in [0.717, 1.165) is 0 Å². The Morgan fingerprint density at radius 1 is 0.818 bits per heavy atom. The van der Waals surface area contributed by atoms with E-state index < -0.39 is 23.1 Å². The molecule has 120 valence electrons. The van der Waals surface area contributed by atoms with Crippen LogP contribution in [0.25, 0.3) is 0 Å². The molecule has 0 N–H and O–H groups in total. The Hall–Kier alpha value is -2.17. The average Bonchev–Trinajstić information content (AvgIpc) is 2.34. The summed E-state index contributed by atoms with van der Waals surface area (Å²) in [5.41, 5.74) is -0.842. The zero-order valence-electron chi connectivity index (χ0n) is 13.9. The van der Waals surface area contributed by atoms with Gasteiger partial charge in [0.2, 0.25) is 0 Å². The van der Waals surface area contributed by atoms with E-state index in [1.54, 1.807) is 41.5 Å². The van der Waals surface area contributed by atoms with E-state index in [9.17, 15) is 14.4 Å². The van der Waals surface area contributed by atoms with Gasteiger partial charge in [-0.3, -0.25) is 4.79 Å². The molecular weight excluding hydrogens is 284 g/mol. The van der Waals surface area contributed by atoms with Crippen LogP contribution in [0.2, 0.25) is 0 Å². The zero-order valence-corrected chi connectivity index (χ0v) is 13.9. The summed E-state index contributed by atoms with van der Waals surface area (Å²) < 4.78 is 10.5. The molecule has 5 nitrogen and oxygen atoms in total. The van der Waals surface area contributed by atoms with Crippen LogP contribution in [0.4, 0.5) is 0 Å². The first kappa shape index (κ1) is 17.9. The quantitative estimate of drug-likeness (QED) is 0.632. The molecule has 0 saturated heterocycles. The largest absolute Gasteiger partial charge is 0.456 e. The second-order valence-corrected chi connectivity index (χ2v) is 6.97. The third-order valence-corrected chi connectivity index (χ3v) is 2.36. The number of hydrogen-bond donors (Lipinski definition) is 0. The maximum absolute atomic E-state index is 12.1. The molecule has 0 radical (unpaired) electrons. The molecule has 0 spiro atoms. The number of ether oxygens (including phenoxy) is 2. The Morgan fingerprint density at radius 3 is 1.45 bits per heavy atom. The number of esters is 2. The first-order chi connectivity index (χ1) is 9.91. The fourth-order valence-corrected chi connectivity index (χ4v) is 1.63. The van der Waals surface area contributed by atoms with Gasteiger partial charge in [0.1, 0.15) is 17.5 Å². The molecule has 0 saturated carbocycles. The Kier molecular flexibility index (Phi) is 5.12. The van der Waals surface area contributed by atoms with Crippen LogP contribution in [0.1, 0.15) is 72.6 Å². The van der Waals surface area contributed by atoms with E-state index in [0.29, 0.717) is 6.29 Å². The second kappa shape index (κ2) is 6.30. The average molecular weight is 306 g/mol. The molecule has 0 amide bonds. The minimum atomic E-state index is -0.666. The van der Waals surface area contributed by atoms with Crippen LogP contribution < -0.4 is 0 Å². The topological polar surface area (TPSA) is 69.7 Å². The van der Waals surface area contributed by atoms with Crippen LogP contribution in [0, 0.1) is 0 Å². The minimum Gasteiger partial charge on any atom is -0.456 e. The van der Waals surface area contributed by atoms with Crippen molar-refractivity contribution in [3.05, 3.63) is 34.9 Å². The van der Waals surface area contributed by atoms with E-state index in [1.807, 2.05) is 0 Å². The van der Waals surface area contributed by atoms with Crippen molar-refractivity contribution < 1.29 is 23.9 Å². The molecule has 0 aliphatic rings. The molecule has 0 aromatic heterocycles. The number of hydrogen-bond acceptors (Lipinski definition) is 5. The molecule has 1 aromatic rings. The zero-order chi connectivity index (χ0) is 17.1. The third kappa shape index (κ3) is 5.68. The highest BCUT2D eigenvalue weighted by Gasteiger charge is 2.22. The summed E-state index contributed by atoms with van der Waals surface area (Å²) in [7, 11) is 0. The molecule has 0 aliphatic carbocycles. The van der Waals surface area contributed by atoms with Crippen LogP contribution >= 0.6 is 0 Å². The van der Waals surface area contributed by atoms with Crippen molar-refractivity contribution in [2.24, 2.45) is 0 Å². The molecule has 0 fully saturated rings. The number of carbonyl (C=O) groups is 3. The van der Waals surface area contributed by atoms with Gasteiger partial charge in [0.15, 0.2) is 0 Å². The smallest absolute Gasteiger partial charge is 0.338 e. The van der Waals surface area contributed by atoms with Crippen LogP contribution in [0.15, 0.2) is 18.2 Å². The maximum Gasteiger partial charge on any atom is 0.338 e. The van der Waals surface area contributed by atoms with Crippen molar-refractivity contribution in [3.8, 4) is 0 Å². The Labute approximate surface area is 130 Å². The van der Waals surface area contributed by atoms with Crippen molar-refractivity contribution in [1.82, 2.24) is 0 Å². The number of aldehydes is 1. The highest BCUT2D eigenvalue weighted by atomic mass is 16.6. The van der Waals surface area contributed by atoms with Crippen molar-refractivity contribution >= 4 is 18.2 Å². The summed E-state index contributed by atoms with van der Waals surface area (Å²) in [6.45, 7) is 10.4. The van der Waals surface area contributed by atoms with Gasteiger partial charge >= 0.3 is 11.9 Å². The second-order valence-electron chi connectivity index (χ2n) is 6.97. The van der Waals surface area contributed by atoms with Crippen LogP contribution in [0.5, 0.6) is 0 Å². The van der Waals surface area contributed by atoms with Gasteiger partial charge in [-0.05, 0) is 59.7 Å². The molecule has 0 atom stereocenters. The van der Waals surface area contributed by atoms with E-state index >= 15 is 0 Å². The highest BCUT2D eigenvalue weighted by Crippen LogP contribution is 2.18. The molecule has 22 heavy (non-hydrogen) atoms. The van der Waals surface area contributed by atoms with E-state index in [4.69, 9.17) is 9.47 Å². The maximum atomic E-state index is 12.1. The SMILES string of the molecule is CC(C)(C)OC(=O)c1cc(C=O)cc(C(=O)OC(C)(C)C)c1. The van der Waals surface area contributed by atoms with Gasteiger partial charge < -0.3 is 9.47 Å². The van der Waals surface area contributed by atoms with Crippen LogP contribution in [0.3, 0.4) is 0 Å². The Morgan fingerprint density at radius 2 is 1.18 bits per heavy atom. The standard InChI is InChI=1S/C17H22O5/c1-16(2,3)21-14(19)12-7-11(10-18)8-13(9-12)15(20)22-17(4,5)6/h7-10H,1-6H3. The number of carbonyl (C=O) groups excluding carboxylic acids is 3. The van der Waals surface area contributed by atoms with Gasteiger partial charge in [-0.1, -0.05) is 0 Å². The van der Waals surface area contributed by atoms with Gasteiger partial charge in [0.25, 0.3) is 0 Å². The molecule has 5 heteroatoms. The first-order valence-corrected chi connectivity index (χ1v) is 6.98. The van der Waals surface area contributed by atoms with Crippen molar-refractivity contribution in [2.45, 2.75) is 52.7 Å². The van der Waals surface area contributed by atoms with Crippen molar-refractivity contribution in [1.29, 1.82) is 0 Å². The summed E-state index contributed by atoms with van der Waals surface area (Å²) >= 11 is 0.